The minimum atomic E-state index is 0. The minimum absolute atomic E-state index is 0. The number of nitrogens with two attached hydrogens (primary N) is 2. The fourth-order valence-electron chi connectivity index (χ4n) is 0. The van der Waals surface area contributed by atoms with Gasteiger partial charge in [-0.25, -0.2) is 0 Å². The highest BCUT2D eigenvalue weighted by Gasteiger charge is 1.48. The summed E-state index contributed by atoms with van der Waals surface area (Å²) in [5, 5.41) is 0. The zero-order valence-corrected chi connectivity index (χ0v) is 5.36. The first-order chi connectivity index (χ1) is 1.73. The van der Waals surface area contributed by atoms with Crippen LogP contribution in [0.4, 0.5) is 0 Å². The highest BCUT2D eigenvalue weighted by Crippen LogP contribution is 1.39. The van der Waals surface area contributed by atoms with E-state index in [1.165, 1.54) is 0 Å². The molecule has 0 bridgehead atoms. The number of hydrogen-bond acceptors (Lipinski definition) is 2. The lowest BCUT2D eigenvalue weighted by Crippen LogP contribution is -2.04. The molecule has 0 aromatic carbocycles. The molecule has 10 heavy (non-hydrogen) atoms. The van der Waals surface area contributed by atoms with Crippen LogP contribution in [-0.2, 0) is 0 Å². The summed E-state index contributed by atoms with van der Waals surface area (Å²) in [6.07, 6.45) is 0. The van der Waals surface area contributed by atoms with Crippen molar-refractivity contribution >= 4 is 0 Å². The Morgan fingerprint density at radius 3 is 0.700 bits per heavy atom. The zero-order chi connectivity index (χ0) is 3.58. The largest absolute Gasteiger partial charge is 0.412 e. The van der Waals surface area contributed by atoms with Gasteiger partial charge in [-0.2, -0.15) is 0 Å². The van der Waals surface area contributed by atoms with Crippen molar-refractivity contribution in [2.75, 3.05) is 0 Å². The maximum atomic E-state index is 4.69. The third kappa shape index (κ3) is 326. The van der Waals surface area contributed by atoms with Gasteiger partial charge in [-0.05, 0) is 0 Å². The van der Waals surface area contributed by atoms with Crippen molar-refractivity contribution < 1.29 is 32.9 Å². The molecule has 0 atom stereocenters. The first-order valence-electron chi connectivity index (χ1n) is 0.931. The van der Waals surface area contributed by atoms with Crippen LogP contribution in [0.3, 0.4) is 0 Å². The smallest absolute Gasteiger partial charge is 0.0859 e. The first-order valence-corrected chi connectivity index (χ1v) is 0.931. The molecule has 0 heterocycles. The summed E-state index contributed by atoms with van der Waals surface area (Å²) in [5.41, 5.74) is 9.39. The minimum Gasteiger partial charge on any atom is -0.412 e. The van der Waals surface area contributed by atoms with Crippen LogP contribution < -0.4 is 11.5 Å². The Labute approximate surface area is 58.0 Å². The lowest BCUT2D eigenvalue weighted by molar-refractivity contribution is 0.823. The third-order valence-corrected chi connectivity index (χ3v) is 0. The van der Waals surface area contributed by atoms with Gasteiger partial charge in [-0.1, -0.05) is 6.58 Å². The summed E-state index contributed by atoms with van der Waals surface area (Å²) >= 11 is 0. The summed E-state index contributed by atoms with van der Waals surface area (Å²) in [6.45, 7) is 3.11. The van der Waals surface area contributed by atoms with Gasteiger partial charge in [0, 0.05) is 0 Å². The summed E-state index contributed by atoms with van der Waals surface area (Å²) in [6, 6.07) is 0. The van der Waals surface area contributed by atoms with Crippen molar-refractivity contribution in [2.45, 2.75) is 0 Å². The molecule has 0 saturated carbocycles. The molecule has 0 saturated heterocycles. The van der Waals surface area contributed by atoms with Crippen molar-refractivity contribution in [1.82, 2.24) is 0 Å². The molecule has 0 radical (unpaired) electrons. The SMILES string of the molecule is C=C(N)N.O.O.O.O.O.O. The van der Waals surface area contributed by atoms with E-state index in [1.807, 2.05) is 0 Å². The van der Waals surface area contributed by atoms with Crippen LogP contribution in [0.1, 0.15) is 0 Å². The van der Waals surface area contributed by atoms with Gasteiger partial charge in [0.15, 0.2) is 0 Å². The molecule has 0 fully saturated rings. The Balaban J connectivity index is -0.00000000300. The average Bonchev–Trinajstić information content (AvgIpc) is 0.811. The summed E-state index contributed by atoms with van der Waals surface area (Å²) in [5.74, 6) is 0.167. The fraction of sp³-hybridized carbons (Fsp3) is 0. The molecule has 0 aromatic heterocycles. The normalized spacial score (nSPS) is 2.40. The summed E-state index contributed by atoms with van der Waals surface area (Å²) in [4.78, 5) is 0. The van der Waals surface area contributed by atoms with Crippen molar-refractivity contribution in [2.24, 2.45) is 11.5 Å². The molecule has 16 N–H and O–H groups in total. The molecular weight excluding hydrogens is 148 g/mol. The van der Waals surface area contributed by atoms with Crippen LogP contribution >= 0.6 is 0 Å². The van der Waals surface area contributed by atoms with Gasteiger partial charge in [0.1, 0.15) is 0 Å². The maximum absolute atomic E-state index is 4.69. The Morgan fingerprint density at radius 1 is 0.700 bits per heavy atom. The van der Waals surface area contributed by atoms with Crippen LogP contribution in [0.2, 0.25) is 0 Å². The second-order valence-corrected chi connectivity index (χ2v) is 0.575. The molecule has 0 amide bonds. The molecule has 0 aliphatic rings. The molecule has 0 spiro atoms. The average molecular weight is 166 g/mol. The number of hydrogen-bond donors (Lipinski definition) is 2. The van der Waals surface area contributed by atoms with Gasteiger partial charge in [-0.15, -0.1) is 0 Å². The Kier molecular flexibility index (Phi) is 1250. The Bertz CT molecular complexity index is 36.7. The monoisotopic (exact) mass is 166 g/mol. The Hall–Kier alpha value is -0.900. The molecule has 0 rings (SSSR count). The molecule has 0 unspecified atom stereocenters. The quantitative estimate of drug-likeness (QED) is 0.357. The number of rotatable bonds is 0. The van der Waals surface area contributed by atoms with E-state index in [4.69, 9.17) is 11.5 Å². The van der Waals surface area contributed by atoms with E-state index in [9.17, 15) is 0 Å². The first kappa shape index (κ1) is 135. The van der Waals surface area contributed by atoms with E-state index in [-0.39, 0.29) is 38.7 Å². The van der Waals surface area contributed by atoms with Gasteiger partial charge in [0.25, 0.3) is 0 Å². The maximum Gasteiger partial charge on any atom is 0.0859 e. The molecule has 72 valence electrons. The molecule has 0 aliphatic heterocycles. The van der Waals surface area contributed by atoms with Gasteiger partial charge < -0.3 is 44.3 Å². The topological polar surface area (TPSA) is 241 Å². The highest BCUT2D eigenvalue weighted by atomic mass is 16.0. The standard InChI is InChI=1S/C2H6N2.6H2O/c1-2(3)4;;;;;;/h1,3-4H2;6*1H2. The molecule has 0 aromatic rings. The lowest BCUT2D eigenvalue weighted by Gasteiger charge is -1.72. The predicted octanol–water partition coefficient (Wildman–Crippen LogP) is -5.57. The zero-order valence-electron chi connectivity index (χ0n) is 5.36. The van der Waals surface area contributed by atoms with Crippen LogP contribution in [0, 0.1) is 0 Å². The van der Waals surface area contributed by atoms with Crippen LogP contribution in [-0.4, -0.2) is 32.9 Å². The van der Waals surface area contributed by atoms with E-state index in [1.54, 1.807) is 0 Å². The highest BCUT2D eigenvalue weighted by molar-refractivity contribution is 4.73. The van der Waals surface area contributed by atoms with Gasteiger partial charge in [0.05, 0.1) is 5.82 Å². The van der Waals surface area contributed by atoms with E-state index in [0.29, 0.717) is 0 Å². The van der Waals surface area contributed by atoms with Crippen LogP contribution in [0.15, 0.2) is 12.4 Å². The third-order valence-electron chi connectivity index (χ3n) is 0. The Morgan fingerprint density at radius 2 is 0.700 bits per heavy atom. The van der Waals surface area contributed by atoms with E-state index in [2.05, 4.69) is 6.58 Å². The lowest BCUT2D eigenvalue weighted by atomic mass is 10.9. The van der Waals surface area contributed by atoms with Gasteiger partial charge in [-0.3, -0.25) is 0 Å². The van der Waals surface area contributed by atoms with Crippen LogP contribution in [0.25, 0.3) is 0 Å². The molecule has 0 aliphatic carbocycles. The van der Waals surface area contributed by atoms with Crippen LogP contribution in [0.5, 0.6) is 0 Å². The van der Waals surface area contributed by atoms with Crippen molar-refractivity contribution in [1.29, 1.82) is 0 Å². The van der Waals surface area contributed by atoms with Gasteiger partial charge in [0.2, 0.25) is 0 Å². The van der Waals surface area contributed by atoms with E-state index < -0.39 is 0 Å². The second-order valence-electron chi connectivity index (χ2n) is 0.575. The van der Waals surface area contributed by atoms with Crippen molar-refractivity contribution in [3.8, 4) is 0 Å². The van der Waals surface area contributed by atoms with E-state index in [0.717, 1.165) is 0 Å². The molecular formula is C2H18N2O6. The molecule has 8 heteroatoms. The summed E-state index contributed by atoms with van der Waals surface area (Å²) in [7, 11) is 0. The predicted molar refractivity (Wildman–Crippen MR) is 39.2 cm³/mol. The fourth-order valence-corrected chi connectivity index (χ4v) is 0. The van der Waals surface area contributed by atoms with Gasteiger partial charge >= 0.3 is 0 Å². The van der Waals surface area contributed by atoms with E-state index >= 15 is 0 Å². The van der Waals surface area contributed by atoms with Crippen molar-refractivity contribution in [3.63, 3.8) is 0 Å². The second kappa shape index (κ2) is 92.6. The molecule has 8 nitrogen and oxygen atoms in total. The van der Waals surface area contributed by atoms with Crippen molar-refractivity contribution in [3.05, 3.63) is 12.4 Å². The summed E-state index contributed by atoms with van der Waals surface area (Å²) < 4.78 is 0.